The fourth-order valence-corrected chi connectivity index (χ4v) is 2.97. The third-order valence-electron chi connectivity index (χ3n) is 5.29. The van der Waals surface area contributed by atoms with Crippen molar-refractivity contribution in [3.63, 3.8) is 0 Å². The van der Waals surface area contributed by atoms with Gasteiger partial charge in [0.25, 0.3) is 0 Å². The molecule has 0 saturated heterocycles. The lowest BCUT2D eigenvalue weighted by Gasteiger charge is -2.42. The molecule has 0 spiro atoms. The Morgan fingerprint density at radius 1 is 1.25 bits per heavy atom. The van der Waals surface area contributed by atoms with Crippen LogP contribution >= 0.6 is 0 Å². The van der Waals surface area contributed by atoms with E-state index in [2.05, 4.69) is 45.0 Å². The Morgan fingerprint density at radius 3 is 2.25 bits per heavy atom. The summed E-state index contributed by atoms with van der Waals surface area (Å²) in [5.41, 5.74) is 9.28. The Morgan fingerprint density at radius 2 is 1.85 bits per heavy atom. The van der Waals surface area contributed by atoms with Crippen molar-refractivity contribution in [1.82, 2.24) is 0 Å². The number of benzene rings is 1. The number of methoxy groups -OCH3 is 1. The lowest BCUT2D eigenvalue weighted by atomic mass is 9.74. The molecule has 1 atom stereocenters. The summed E-state index contributed by atoms with van der Waals surface area (Å²) in [6.07, 6.45) is 5.64. The molecule has 2 N–H and O–H groups in total. The molecule has 2 nitrogen and oxygen atoms in total. The minimum absolute atomic E-state index is 0.0424. The van der Waals surface area contributed by atoms with E-state index in [0.717, 1.165) is 25.7 Å². The van der Waals surface area contributed by atoms with Crippen molar-refractivity contribution in [2.75, 3.05) is 7.11 Å². The molecule has 2 heteroatoms. The van der Waals surface area contributed by atoms with E-state index in [1.165, 1.54) is 17.5 Å². The molecule has 1 unspecified atom stereocenters. The van der Waals surface area contributed by atoms with Gasteiger partial charge in [-0.3, -0.25) is 0 Å². The highest BCUT2D eigenvalue weighted by Crippen LogP contribution is 2.41. The van der Waals surface area contributed by atoms with Gasteiger partial charge in [-0.25, -0.2) is 0 Å². The van der Waals surface area contributed by atoms with Crippen LogP contribution in [0.15, 0.2) is 24.3 Å². The molecule has 1 saturated carbocycles. The van der Waals surface area contributed by atoms with E-state index < -0.39 is 0 Å². The zero-order chi connectivity index (χ0) is 14.8. The summed E-state index contributed by atoms with van der Waals surface area (Å²) in [5, 5.41) is 0. The predicted molar refractivity (Wildman–Crippen MR) is 84.9 cm³/mol. The lowest BCUT2D eigenvalue weighted by Crippen LogP contribution is -2.41. The van der Waals surface area contributed by atoms with E-state index in [9.17, 15) is 0 Å². The van der Waals surface area contributed by atoms with E-state index >= 15 is 0 Å². The minimum Gasteiger partial charge on any atom is -0.378 e. The fourth-order valence-electron chi connectivity index (χ4n) is 2.97. The molecule has 1 fully saturated rings. The van der Waals surface area contributed by atoms with Crippen molar-refractivity contribution in [3.05, 3.63) is 35.4 Å². The van der Waals surface area contributed by atoms with Crippen LogP contribution < -0.4 is 5.73 Å². The van der Waals surface area contributed by atoms with Gasteiger partial charge in [0.15, 0.2) is 0 Å². The first kappa shape index (κ1) is 15.5. The standard InChI is InChI=1S/C18H29NO/c1-5-17(2,3)15-9-7-14(8-10-15)16(19)13-18(20-4)11-6-12-18/h7-10,16H,5-6,11-13,19H2,1-4H3. The van der Waals surface area contributed by atoms with Crippen LogP contribution in [0.4, 0.5) is 0 Å². The van der Waals surface area contributed by atoms with Crippen LogP contribution in [0, 0.1) is 0 Å². The second kappa shape index (κ2) is 5.87. The number of rotatable bonds is 6. The van der Waals surface area contributed by atoms with Gasteiger partial charge in [-0.2, -0.15) is 0 Å². The van der Waals surface area contributed by atoms with Crippen LogP contribution in [0.1, 0.15) is 70.0 Å². The highest BCUT2D eigenvalue weighted by atomic mass is 16.5. The summed E-state index contributed by atoms with van der Waals surface area (Å²) < 4.78 is 5.68. The molecule has 0 amide bonds. The average Bonchev–Trinajstić information content (AvgIpc) is 2.42. The summed E-state index contributed by atoms with van der Waals surface area (Å²) in [6, 6.07) is 8.94. The van der Waals surface area contributed by atoms with Crippen molar-refractivity contribution < 1.29 is 4.74 Å². The average molecular weight is 275 g/mol. The van der Waals surface area contributed by atoms with Gasteiger partial charge in [-0.1, -0.05) is 45.0 Å². The molecule has 2 rings (SSSR count). The predicted octanol–water partition coefficient (Wildman–Crippen LogP) is 4.33. The Hall–Kier alpha value is -0.860. The van der Waals surface area contributed by atoms with Gasteiger partial charge < -0.3 is 10.5 Å². The van der Waals surface area contributed by atoms with Crippen LogP contribution in [0.5, 0.6) is 0 Å². The normalized spacial score (nSPS) is 19.4. The van der Waals surface area contributed by atoms with E-state index in [0.29, 0.717) is 0 Å². The number of ether oxygens (including phenoxy) is 1. The van der Waals surface area contributed by atoms with Gasteiger partial charge in [0.1, 0.15) is 0 Å². The Kier molecular flexibility index (Phi) is 4.55. The summed E-state index contributed by atoms with van der Waals surface area (Å²) in [7, 11) is 1.82. The molecular formula is C18H29NO. The molecule has 0 aromatic heterocycles. The summed E-state index contributed by atoms with van der Waals surface area (Å²) in [6.45, 7) is 6.81. The summed E-state index contributed by atoms with van der Waals surface area (Å²) >= 11 is 0. The van der Waals surface area contributed by atoms with E-state index in [1.807, 2.05) is 7.11 Å². The molecule has 1 aromatic rings. The second-order valence-corrected chi connectivity index (χ2v) is 6.91. The quantitative estimate of drug-likeness (QED) is 0.838. The first-order valence-electron chi connectivity index (χ1n) is 7.84. The summed E-state index contributed by atoms with van der Waals surface area (Å²) in [4.78, 5) is 0. The third kappa shape index (κ3) is 3.07. The van der Waals surface area contributed by atoms with Gasteiger partial charge >= 0.3 is 0 Å². The number of hydrogen-bond acceptors (Lipinski definition) is 2. The Balaban J connectivity index is 2.06. The van der Waals surface area contributed by atoms with Gasteiger partial charge in [0.05, 0.1) is 5.60 Å². The summed E-state index contributed by atoms with van der Waals surface area (Å²) in [5.74, 6) is 0. The molecule has 0 heterocycles. The van der Waals surface area contributed by atoms with Crippen molar-refractivity contribution >= 4 is 0 Å². The van der Waals surface area contributed by atoms with Crippen molar-refractivity contribution in [2.45, 2.75) is 69.9 Å². The topological polar surface area (TPSA) is 35.2 Å². The fraction of sp³-hybridized carbons (Fsp3) is 0.667. The lowest BCUT2D eigenvalue weighted by molar-refractivity contribution is -0.0816. The SMILES string of the molecule is CCC(C)(C)c1ccc(C(N)CC2(OC)CCC2)cc1. The number of nitrogens with two attached hydrogens (primary N) is 1. The highest BCUT2D eigenvalue weighted by Gasteiger charge is 2.38. The molecule has 1 aliphatic carbocycles. The van der Waals surface area contributed by atoms with Crippen molar-refractivity contribution in [1.29, 1.82) is 0 Å². The van der Waals surface area contributed by atoms with E-state index in [-0.39, 0.29) is 17.1 Å². The van der Waals surface area contributed by atoms with Crippen molar-refractivity contribution in [2.24, 2.45) is 5.73 Å². The second-order valence-electron chi connectivity index (χ2n) is 6.91. The third-order valence-corrected chi connectivity index (χ3v) is 5.29. The van der Waals surface area contributed by atoms with E-state index in [4.69, 9.17) is 10.5 Å². The zero-order valence-corrected chi connectivity index (χ0v) is 13.4. The van der Waals surface area contributed by atoms with Crippen molar-refractivity contribution in [3.8, 4) is 0 Å². The molecule has 0 bridgehead atoms. The first-order valence-corrected chi connectivity index (χ1v) is 7.84. The van der Waals surface area contributed by atoms with Gasteiger partial charge in [0.2, 0.25) is 0 Å². The smallest absolute Gasteiger partial charge is 0.0696 e. The first-order chi connectivity index (χ1) is 9.42. The van der Waals surface area contributed by atoms with Gasteiger partial charge in [-0.15, -0.1) is 0 Å². The van der Waals surface area contributed by atoms with Gasteiger partial charge in [0, 0.05) is 13.2 Å². The molecule has 1 aliphatic rings. The maximum absolute atomic E-state index is 6.38. The molecular weight excluding hydrogens is 246 g/mol. The van der Waals surface area contributed by atoms with Crippen LogP contribution in [0.2, 0.25) is 0 Å². The zero-order valence-electron chi connectivity index (χ0n) is 13.4. The maximum atomic E-state index is 6.38. The molecule has 1 aromatic carbocycles. The van der Waals surface area contributed by atoms with Crippen LogP contribution in [-0.4, -0.2) is 12.7 Å². The van der Waals surface area contributed by atoms with Crippen LogP contribution in [-0.2, 0) is 10.2 Å². The van der Waals surface area contributed by atoms with Gasteiger partial charge in [-0.05, 0) is 48.6 Å². The minimum atomic E-state index is 0.0424. The number of hydrogen-bond donors (Lipinski definition) is 1. The Bertz CT molecular complexity index is 426. The highest BCUT2D eigenvalue weighted by molar-refractivity contribution is 5.29. The Labute approximate surface area is 123 Å². The van der Waals surface area contributed by atoms with E-state index in [1.54, 1.807) is 0 Å². The van der Waals surface area contributed by atoms with Crippen LogP contribution in [0.3, 0.4) is 0 Å². The molecule has 0 radical (unpaired) electrons. The molecule has 20 heavy (non-hydrogen) atoms. The molecule has 112 valence electrons. The largest absolute Gasteiger partial charge is 0.378 e. The molecule has 0 aliphatic heterocycles. The van der Waals surface area contributed by atoms with Crippen LogP contribution in [0.25, 0.3) is 0 Å². The maximum Gasteiger partial charge on any atom is 0.0696 e. The monoisotopic (exact) mass is 275 g/mol.